The number of rotatable bonds is 4. The number of nitrogens with zero attached hydrogens (tertiary/aromatic N) is 2. The topological polar surface area (TPSA) is 43.8 Å². The Labute approximate surface area is 95.9 Å². The van der Waals surface area contributed by atoms with Gasteiger partial charge in [-0.05, 0) is 19.0 Å². The van der Waals surface area contributed by atoms with Gasteiger partial charge in [0, 0.05) is 19.2 Å². The zero-order valence-corrected chi connectivity index (χ0v) is 9.56. The van der Waals surface area contributed by atoms with Crippen molar-refractivity contribution < 1.29 is 0 Å². The van der Waals surface area contributed by atoms with Crippen molar-refractivity contribution in [2.24, 2.45) is 5.73 Å². The largest absolute Gasteiger partial charge is 0.333 e. The van der Waals surface area contributed by atoms with Crippen molar-refractivity contribution in [1.82, 2.24) is 9.55 Å². The molecular weight excluding hydrogens is 198 g/mol. The summed E-state index contributed by atoms with van der Waals surface area (Å²) in [5, 5.41) is 0. The molecule has 16 heavy (non-hydrogen) atoms. The first-order valence-corrected chi connectivity index (χ1v) is 5.54. The summed E-state index contributed by atoms with van der Waals surface area (Å²) < 4.78 is 2.10. The normalized spacial score (nSPS) is 10.6. The van der Waals surface area contributed by atoms with Crippen LogP contribution < -0.4 is 5.73 Å². The van der Waals surface area contributed by atoms with Crippen molar-refractivity contribution in [1.29, 1.82) is 0 Å². The molecule has 0 amide bonds. The van der Waals surface area contributed by atoms with Crippen LogP contribution in [0.5, 0.6) is 0 Å². The predicted octanol–water partition coefficient (Wildman–Crippen LogP) is 1.74. The number of aryl methyl sites for hydroxylation is 1. The third-order valence-electron chi connectivity index (χ3n) is 2.53. The molecule has 0 aliphatic rings. The summed E-state index contributed by atoms with van der Waals surface area (Å²) >= 11 is 0. The van der Waals surface area contributed by atoms with Gasteiger partial charge < -0.3 is 10.3 Å². The number of benzene rings is 1. The second-order valence-corrected chi connectivity index (χ2v) is 4.07. The summed E-state index contributed by atoms with van der Waals surface area (Å²) in [7, 11) is 0. The molecule has 0 aliphatic heterocycles. The van der Waals surface area contributed by atoms with E-state index in [1.165, 1.54) is 11.1 Å². The molecule has 2 aromatic rings. The van der Waals surface area contributed by atoms with Crippen molar-refractivity contribution >= 4 is 0 Å². The Hall–Kier alpha value is -1.61. The molecule has 0 saturated carbocycles. The molecule has 0 fully saturated rings. The maximum absolute atomic E-state index is 5.49. The van der Waals surface area contributed by atoms with E-state index in [1.807, 2.05) is 6.33 Å². The Morgan fingerprint density at radius 2 is 2.25 bits per heavy atom. The Morgan fingerprint density at radius 1 is 1.38 bits per heavy atom. The van der Waals surface area contributed by atoms with Gasteiger partial charge in [0.1, 0.15) is 0 Å². The third kappa shape index (κ3) is 2.70. The van der Waals surface area contributed by atoms with Crippen LogP contribution in [0.15, 0.2) is 36.8 Å². The van der Waals surface area contributed by atoms with Gasteiger partial charge in [-0.25, -0.2) is 4.98 Å². The standard InChI is InChI=1S/C13H17N3/c1-11-3-2-4-12(7-11)8-16-9-13(5-6-14)15-10-16/h2-4,7,9-10H,5-6,8,14H2,1H3. The highest BCUT2D eigenvalue weighted by molar-refractivity contribution is 5.22. The molecule has 84 valence electrons. The summed E-state index contributed by atoms with van der Waals surface area (Å²) in [5.74, 6) is 0. The van der Waals surface area contributed by atoms with Gasteiger partial charge >= 0.3 is 0 Å². The van der Waals surface area contributed by atoms with Crippen molar-refractivity contribution in [3.8, 4) is 0 Å². The highest BCUT2D eigenvalue weighted by atomic mass is 15.0. The van der Waals surface area contributed by atoms with Crippen LogP contribution in [0.3, 0.4) is 0 Å². The summed E-state index contributed by atoms with van der Waals surface area (Å²) in [6.45, 7) is 3.64. The van der Waals surface area contributed by atoms with Crippen LogP contribution >= 0.6 is 0 Å². The summed E-state index contributed by atoms with van der Waals surface area (Å²) in [6, 6.07) is 8.53. The Balaban J connectivity index is 2.08. The Morgan fingerprint density at radius 3 is 3.00 bits per heavy atom. The van der Waals surface area contributed by atoms with Crippen molar-refractivity contribution in [3.05, 3.63) is 53.6 Å². The number of hydrogen-bond donors (Lipinski definition) is 1. The van der Waals surface area contributed by atoms with Crippen LogP contribution in [0.4, 0.5) is 0 Å². The van der Waals surface area contributed by atoms with Gasteiger partial charge in [-0.3, -0.25) is 0 Å². The average molecular weight is 215 g/mol. The van der Waals surface area contributed by atoms with Crippen molar-refractivity contribution in [2.45, 2.75) is 19.9 Å². The first-order chi connectivity index (χ1) is 7.78. The molecule has 2 N–H and O–H groups in total. The van der Waals surface area contributed by atoms with Gasteiger partial charge in [0.25, 0.3) is 0 Å². The summed E-state index contributed by atoms with van der Waals surface area (Å²) in [5.41, 5.74) is 9.15. The second kappa shape index (κ2) is 4.94. The van der Waals surface area contributed by atoms with E-state index >= 15 is 0 Å². The summed E-state index contributed by atoms with van der Waals surface area (Å²) in [4.78, 5) is 4.31. The zero-order chi connectivity index (χ0) is 11.4. The van der Waals surface area contributed by atoms with E-state index in [0.717, 1.165) is 18.7 Å². The third-order valence-corrected chi connectivity index (χ3v) is 2.53. The Bertz CT molecular complexity index is 460. The molecule has 0 radical (unpaired) electrons. The van der Waals surface area contributed by atoms with Crippen LogP contribution in [0, 0.1) is 6.92 Å². The maximum Gasteiger partial charge on any atom is 0.0952 e. The molecule has 0 unspecified atom stereocenters. The van der Waals surface area contributed by atoms with E-state index in [0.29, 0.717) is 6.54 Å². The van der Waals surface area contributed by atoms with Crippen molar-refractivity contribution in [2.75, 3.05) is 6.54 Å². The smallest absolute Gasteiger partial charge is 0.0952 e. The minimum Gasteiger partial charge on any atom is -0.333 e. The molecule has 0 atom stereocenters. The second-order valence-electron chi connectivity index (χ2n) is 4.07. The lowest BCUT2D eigenvalue weighted by Gasteiger charge is -2.03. The highest BCUT2D eigenvalue weighted by Crippen LogP contribution is 2.07. The van der Waals surface area contributed by atoms with Crippen molar-refractivity contribution in [3.63, 3.8) is 0 Å². The van der Waals surface area contributed by atoms with Gasteiger partial charge in [0.2, 0.25) is 0 Å². The molecule has 1 aromatic heterocycles. The fourth-order valence-electron chi connectivity index (χ4n) is 1.79. The van der Waals surface area contributed by atoms with Crippen LogP contribution in [-0.2, 0) is 13.0 Å². The first-order valence-electron chi connectivity index (χ1n) is 5.54. The van der Waals surface area contributed by atoms with Crippen LogP contribution in [-0.4, -0.2) is 16.1 Å². The van der Waals surface area contributed by atoms with Gasteiger partial charge in [-0.1, -0.05) is 29.8 Å². The lowest BCUT2D eigenvalue weighted by molar-refractivity contribution is 0.795. The number of aromatic nitrogens is 2. The molecule has 2 rings (SSSR count). The minimum atomic E-state index is 0.654. The molecule has 1 heterocycles. The minimum absolute atomic E-state index is 0.654. The summed E-state index contributed by atoms with van der Waals surface area (Å²) in [6.07, 6.45) is 4.78. The monoisotopic (exact) mass is 215 g/mol. The molecule has 0 bridgehead atoms. The fraction of sp³-hybridized carbons (Fsp3) is 0.308. The Kier molecular flexibility index (Phi) is 3.37. The SMILES string of the molecule is Cc1cccc(Cn2cnc(CCN)c2)c1. The van der Waals surface area contributed by atoms with Gasteiger partial charge in [-0.15, -0.1) is 0 Å². The molecule has 1 aromatic carbocycles. The van der Waals surface area contributed by atoms with E-state index in [4.69, 9.17) is 5.73 Å². The van der Waals surface area contributed by atoms with Gasteiger partial charge in [0.15, 0.2) is 0 Å². The van der Waals surface area contributed by atoms with Crippen LogP contribution in [0.1, 0.15) is 16.8 Å². The predicted molar refractivity (Wildman–Crippen MR) is 65.3 cm³/mol. The number of imidazole rings is 1. The molecule has 3 nitrogen and oxygen atoms in total. The van der Waals surface area contributed by atoms with E-state index in [2.05, 4.69) is 46.9 Å². The highest BCUT2D eigenvalue weighted by Gasteiger charge is 1.99. The number of nitrogens with two attached hydrogens (primary N) is 1. The van der Waals surface area contributed by atoms with E-state index in [-0.39, 0.29) is 0 Å². The molecule has 0 saturated heterocycles. The molecule has 0 spiro atoms. The van der Waals surface area contributed by atoms with Gasteiger partial charge in [-0.2, -0.15) is 0 Å². The van der Waals surface area contributed by atoms with Crippen LogP contribution in [0.2, 0.25) is 0 Å². The van der Waals surface area contributed by atoms with E-state index in [9.17, 15) is 0 Å². The first kappa shape index (κ1) is 10.9. The van der Waals surface area contributed by atoms with Gasteiger partial charge in [0.05, 0.1) is 12.0 Å². The molecule has 3 heteroatoms. The maximum atomic E-state index is 5.49. The molecular formula is C13H17N3. The molecule has 0 aliphatic carbocycles. The fourth-order valence-corrected chi connectivity index (χ4v) is 1.79. The lowest BCUT2D eigenvalue weighted by atomic mass is 10.1. The zero-order valence-electron chi connectivity index (χ0n) is 9.56. The lowest BCUT2D eigenvalue weighted by Crippen LogP contribution is -2.02. The van der Waals surface area contributed by atoms with Crippen LogP contribution in [0.25, 0.3) is 0 Å². The average Bonchev–Trinajstić information content (AvgIpc) is 2.66. The number of hydrogen-bond acceptors (Lipinski definition) is 2. The van der Waals surface area contributed by atoms with E-state index in [1.54, 1.807) is 0 Å². The quantitative estimate of drug-likeness (QED) is 0.844. The van der Waals surface area contributed by atoms with E-state index < -0.39 is 0 Å².